The summed E-state index contributed by atoms with van der Waals surface area (Å²) in [4.78, 5) is 33.0. The Balaban J connectivity index is 3.18. The number of carboxylic acids is 1. The number of rotatable bonds is 24. The van der Waals surface area contributed by atoms with E-state index in [2.05, 4.69) is 17.0 Å². The van der Waals surface area contributed by atoms with Crippen LogP contribution in [0.5, 0.6) is 0 Å². The van der Waals surface area contributed by atoms with Crippen molar-refractivity contribution in [3.63, 3.8) is 0 Å². The molecule has 0 aliphatic heterocycles. The monoisotopic (exact) mass is 465 g/mol. The second kappa shape index (κ2) is 23.9. The van der Waals surface area contributed by atoms with Gasteiger partial charge in [-0.3, -0.25) is 9.59 Å². The molecule has 1 amide bonds. The molecule has 0 rings (SSSR count). The lowest BCUT2D eigenvalue weighted by atomic mass is 10.2. The molecule has 0 fully saturated rings. The zero-order chi connectivity index (χ0) is 23.7. The molecule has 11 nitrogen and oxygen atoms in total. The van der Waals surface area contributed by atoms with Gasteiger partial charge in [-0.05, 0) is 6.42 Å². The van der Waals surface area contributed by atoms with Gasteiger partial charge in [-0.25, -0.2) is 4.79 Å². The van der Waals surface area contributed by atoms with Crippen molar-refractivity contribution in [2.75, 3.05) is 79.2 Å². The minimum absolute atomic E-state index is 0.172. The van der Waals surface area contributed by atoms with E-state index in [-0.39, 0.29) is 19.2 Å². The predicted octanol–water partition coefficient (Wildman–Crippen LogP) is 0.784. The lowest BCUT2D eigenvalue weighted by Crippen LogP contribution is -2.31. The molecule has 0 spiro atoms. The molecular weight excluding hydrogens is 426 g/mol. The van der Waals surface area contributed by atoms with Gasteiger partial charge in [-0.15, -0.1) is 0 Å². The van der Waals surface area contributed by atoms with Crippen molar-refractivity contribution in [3.8, 4) is 0 Å². The maximum absolute atomic E-state index is 11.5. The maximum Gasteiger partial charge on any atom is 0.329 e. The molecule has 0 saturated heterocycles. The summed E-state index contributed by atoms with van der Waals surface area (Å²) < 4.78 is 31.1. The van der Waals surface area contributed by atoms with Crippen molar-refractivity contribution >= 4 is 17.8 Å². The van der Waals surface area contributed by atoms with Crippen LogP contribution in [0.25, 0.3) is 0 Å². The minimum atomic E-state index is -1.12. The summed E-state index contributed by atoms with van der Waals surface area (Å²) in [5, 5.41) is 10.9. The fourth-order valence-corrected chi connectivity index (χ4v) is 2.29. The van der Waals surface area contributed by atoms with Crippen LogP contribution in [0.2, 0.25) is 0 Å². The molecule has 0 aromatic carbocycles. The van der Waals surface area contributed by atoms with E-state index in [9.17, 15) is 14.4 Å². The van der Waals surface area contributed by atoms with Crippen molar-refractivity contribution in [2.45, 2.75) is 39.0 Å². The first kappa shape index (κ1) is 30.2. The fourth-order valence-electron chi connectivity index (χ4n) is 2.29. The Labute approximate surface area is 190 Å². The average Bonchev–Trinajstić information content (AvgIpc) is 2.76. The summed E-state index contributed by atoms with van der Waals surface area (Å²) in [6.45, 7) is 5.06. The standard InChI is InChI=1S/C21H39NO10/c1-2-3-4-5-6-21(26)32-16-15-30-14-13-29-12-11-28-10-9-27-8-7-22-19(23)17-31-18-20(24)25/h2-18H2,1H3,(H,22,23)(H,24,25). The SMILES string of the molecule is CCCCCCC(=O)OCCOCCOCCOCCOCCNC(=O)COCC(=O)O. The first-order chi connectivity index (χ1) is 15.6. The first-order valence-corrected chi connectivity index (χ1v) is 11.1. The molecule has 0 bridgehead atoms. The van der Waals surface area contributed by atoms with E-state index in [4.69, 9.17) is 28.8 Å². The van der Waals surface area contributed by atoms with Gasteiger partial charge in [0.15, 0.2) is 0 Å². The van der Waals surface area contributed by atoms with Crippen LogP contribution in [-0.2, 0) is 42.8 Å². The molecule has 0 aliphatic rings. The number of hydrogen-bond donors (Lipinski definition) is 2. The molecule has 0 heterocycles. The number of esters is 1. The van der Waals surface area contributed by atoms with Crippen LogP contribution in [0.1, 0.15) is 39.0 Å². The zero-order valence-corrected chi connectivity index (χ0v) is 19.1. The second-order valence-corrected chi connectivity index (χ2v) is 6.72. The van der Waals surface area contributed by atoms with E-state index < -0.39 is 18.5 Å². The van der Waals surface area contributed by atoms with Gasteiger partial charge in [0, 0.05) is 13.0 Å². The second-order valence-electron chi connectivity index (χ2n) is 6.72. The molecule has 0 aliphatic carbocycles. The Morgan fingerprint density at radius 3 is 1.81 bits per heavy atom. The molecule has 32 heavy (non-hydrogen) atoms. The van der Waals surface area contributed by atoms with Gasteiger partial charge in [0.1, 0.15) is 19.8 Å². The van der Waals surface area contributed by atoms with Crippen LogP contribution in [0.3, 0.4) is 0 Å². The van der Waals surface area contributed by atoms with Crippen LogP contribution < -0.4 is 5.32 Å². The highest BCUT2D eigenvalue weighted by Crippen LogP contribution is 2.03. The van der Waals surface area contributed by atoms with Gasteiger partial charge in [0.2, 0.25) is 5.91 Å². The summed E-state index contributed by atoms with van der Waals surface area (Å²) in [5.74, 6) is -1.69. The maximum atomic E-state index is 11.5. The summed E-state index contributed by atoms with van der Waals surface area (Å²) in [6.07, 6.45) is 4.69. The lowest BCUT2D eigenvalue weighted by molar-refractivity contribution is -0.146. The molecule has 0 radical (unpaired) electrons. The summed E-state index contributed by atoms with van der Waals surface area (Å²) in [6, 6.07) is 0. The minimum Gasteiger partial charge on any atom is -0.480 e. The van der Waals surface area contributed by atoms with Gasteiger partial charge in [0.05, 0.1) is 52.9 Å². The van der Waals surface area contributed by atoms with E-state index in [1.165, 1.54) is 0 Å². The fraction of sp³-hybridized carbons (Fsp3) is 0.857. The van der Waals surface area contributed by atoms with Crippen molar-refractivity contribution in [2.24, 2.45) is 0 Å². The molecule has 0 unspecified atom stereocenters. The van der Waals surface area contributed by atoms with Crippen molar-refractivity contribution < 1.29 is 47.9 Å². The third-order valence-electron chi connectivity index (χ3n) is 3.87. The predicted molar refractivity (Wildman–Crippen MR) is 114 cm³/mol. The zero-order valence-electron chi connectivity index (χ0n) is 19.1. The normalized spacial score (nSPS) is 10.8. The van der Waals surface area contributed by atoms with Crippen LogP contribution >= 0.6 is 0 Å². The molecule has 0 aromatic heterocycles. The van der Waals surface area contributed by atoms with E-state index >= 15 is 0 Å². The number of carboxylic acid groups (broad SMARTS) is 1. The lowest BCUT2D eigenvalue weighted by Gasteiger charge is -2.08. The van der Waals surface area contributed by atoms with E-state index in [1.54, 1.807) is 0 Å². The van der Waals surface area contributed by atoms with Crippen LogP contribution in [-0.4, -0.2) is 102 Å². The van der Waals surface area contributed by atoms with E-state index in [0.29, 0.717) is 65.8 Å². The molecular formula is C21H39NO10. The quantitative estimate of drug-likeness (QED) is 0.155. The Kier molecular flexibility index (Phi) is 22.5. The molecule has 0 atom stereocenters. The molecule has 0 saturated carbocycles. The summed E-state index contributed by atoms with van der Waals surface area (Å²) >= 11 is 0. The molecule has 0 aromatic rings. The Morgan fingerprint density at radius 2 is 1.25 bits per heavy atom. The highest BCUT2D eigenvalue weighted by Gasteiger charge is 2.03. The number of amides is 1. The van der Waals surface area contributed by atoms with Gasteiger partial charge < -0.3 is 38.8 Å². The number of carbonyl (C=O) groups excluding carboxylic acids is 2. The van der Waals surface area contributed by atoms with Gasteiger partial charge >= 0.3 is 11.9 Å². The number of carbonyl (C=O) groups is 3. The van der Waals surface area contributed by atoms with Crippen LogP contribution in [0, 0.1) is 0 Å². The highest BCUT2D eigenvalue weighted by molar-refractivity contribution is 5.77. The number of unbranched alkanes of at least 4 members (excludes halogenated alkanes) is 3. The first-order valence-electron chi connectivity index (χ1n) is 11.1. The third kappa shape index (κ3) is 24.5. The summed E-state index contributed by atoms with van der Waals surface area (Å²) in [5.41, 5.74) is 0. The molecule has 11 heteroatoms. The Bertz CT molecular complexity index is 475. The van der Waals surface area contributed by atoms with Gasteiger partial charge in [-0.2, -0.15) is 0 Å². The summed E-state index contributed by atoms with van der Waals surface area (Å²) in [7, 11) is 0. The number of nitrogens with one attached hydrogen (secondary N) is 1. The number of hydrogen-bond acceptors (Lipinski definition) is 9. The average molecular weight is 466 g/mol. The van der Waals surface area contributed by atoms with E-state index in [0.717, 1.165) is 25.7 Å². The third-order valence-corrected chi connectivity index (χ3v) is 3.87. The number of ether oxygens (including phenoxy) is 6. The largest absolute Gasteiger partial charge is 0.480 e. The molecule has 188 valence electrons. The molecule has 2 N–H and O–H groups in total. The van der Waals surface area contributed by atoms with Gasteiger partial charge in [0.25, 0.3) is 0 Å². The van der Waals surface area contributed by atoms with E-state index in [1.807, 2.05) is 0 Å². The Morgan fingerprint density at radius 1 is 0.688 bits per heavy atom. The topological polar surface area (TPSA) is 139 Å². The van der Waals surface area contributed by atoms with Crippen molar-refractivity contribution in [1.29, 1.82) is 0 Å². The highest BCUT2D eigenvalue weighted by atomic mass is 16.6. The van der Waals surface area contributed by atoms with Gasteiger partial charge in [-0.1, -0.05) is 26.2 Å². The van der Waals surface area contributed by atoms with Crippen molar-refractivity contribution in [1.82, 2.24) is 5.32 Å². The number of aliphatic carboxylic acids is 1. The Hall–Kier alpha value is -1.79. The van der Waals surface area contributed by atoms with Crippen molar-refractivity contribution in [3.05, 3.63) is 0 Å². The van der Waals surface area contributed by atoms with Crippen LogP contribution in [0.15, 0.2) is 0 Å². The van der Waals surface area contributed by atoms with Crippen LogP contribution in [0.4, 0.5) is 0 Å². The smallest absolute Gasteiger partial charge is 0.329 e.